The van der Waals surface area contributed by atoms with Gasteiger partial charge in [-0.2, -0.15) is 0 Å². The van der Waals surface area contributed by atoms with Gasteiger partial charge in [0.25, 0.3) is 5.91 Å². The molecule has 1 amide bonds. The molecule has 1 aliphatic heterocycles. The van der Waals surface area contributed by atoms with E-state index >= 15 is 0 Å². The van der Waals surface area contributed by atoms with Gasteiger partial charge in [-0.15, -0.1) is 0 Å². The van der Waals surface area contributed by atoms with Crippen molar-refractivity contribution < 1.29 is 28.5 Å². The first-order chi connectivity index (χ1) is 18.0. The smallest absolute Gasteiger partial charge is 0.255 e. The van der Waals surface area contributed by atoms with Crippen molar-refractivity contribution in [2.24, 2.45) is 0 Å². The lowest BCUT2D eigenvalue weighted by molar-refractivity contribution is 0.00523. The number of methoxy groups -OCH3 is 2. The van der Waals surface area contributed by atoms with Crippen LogP contribution in [0.3, 0.4) is 0 Å². The lowest BCUT2D eigenvalue weighted by Crippen LogP contribution is -2.49. The fourth-order valence-electron chi connectivity index (χ4n) is 3.92. The summed E-state index contributed by atoms with van der Waals surface area (Å²) >= 11 is 10.3. The zero-order valence-corrected chi connectivity index (χ0v) is 23.1. The van der Waals surface area contributed by atoms with Crippen molar-refractivity contribution >= 4 is 33.4 Å². The van der Waals surface area contributed by atoms with Crippen LogP contribution in [-0.2, 0) is 18.0 Å². The van der Waals surface area contributed by atoms with Crippen LogP contribution in [0.5, 0.6) is 23.0 Å². The molecule has 37 heavy (non-hydrogen) atoms. The maximum Gasteiger partial charge on any atom is 0.255 e. The first kappa shape index (κ1) is 27.1. The Balaban J connectivity index is 1.60. The van der Waals surface area contributed by atoms with Crippen LogP contribution in [0.15, 0.2) is 60.7 Å². The molecule has 0 bridgehead atoms. The number of carbonyl (C=O) groups excluding carboxylic acids is 1. The van der Waals surface area contributed by atoms with E-state index in [1.54, 1.807) is 31.3 Å². The van der Waals surface area contributed by atoms with Crippen molar-refractivity contribution in [1.29, 1.82) is 0 Å². The highest BCUT2D eigenvalue weighted by Gasteiger charge is 2.30. The Hall–Kier alpha value is -2.94. The molecule has 0 unspecified atom stereocenters. The minimum Gasteiger partial charge on any atom is -0.497 e. The fourth-order valence-corrected chi connectivity index (χ4v) is 4.74. The molecule has 0 spiro atoms. The first-order valence-electron chi connectivity index (χ1n) is 11.8. The molecule has 1 aliphatic rings. The van der Waals surface area contributed by atoms with Gasteiger partial charge in [-0.1, -0.05) is 51.8 Å². The molecule has 3 aromatic carbocycles. The fraction of sp³-hybridized carbons (Fsp3) is 0.321. The number of ether oxygens (including phenoxy) is 5. The van der Waals surface area contributed by atoms with E-state index in [1.165, 1.54) is 0 Å². The minimum absolute atomic E-state index is 0.0769. The monoisotopic (exact) mass is 589 g/mol. The number of halogens is 2. The quantitative estimate of drug-likeness (QED) is 0.280. The summed E-state index contributed by atoms with van der Waals surface area (Å²) in [5, 5.41) is 0.825. The van der Waals surface area contributed by atoms with Crippen molar-refractivity contribution in [2.75, 3.05) is 39.3 Å². The van der Waals surface area contributed by atoms with Crippen LogP contribution >= 0.6 is 27.5 Å². The van der Waals surface area contributed by atoms with Crippen LogP contribution in [0.2, 0.25) is 5.02 Å². The number of alkyl halides is 1. The lowest BCUT2D eigenvalue weighted by Gasteiger charge is -2.35. The van der Waals surface area contributed by atoms with E-state index in [2.05, 4.69) is 15.9 Å². The Morgan fingerprint density at radius 3 is 2.11 bits per heavy atom. The van der Waals surface area contributed by atoms with E-state index in [1.807, 2.05) is 48.5 Å². The lowest BCUT2D eigenvalue weighted by atomic mass is 10.1. The summed E-state index contributed by atoms with van der Waals surface area (Å²) in [4.78, 5) is 15.3. The van der Waals surface area contributed by atoms with E-state index in [0.717, 1.165) is 22.6 Å². The second kappa shape index (κ2) is 13.0. The van der Waals surface area contributed by atoms with Crippen molar-refractivity contribution in [1.82, 2.24) is 4.90 Å². The Morgan fingerprint density at radius 1 is 0.946 bits per heavy atom. The highest BCUT2D eigenvalue weighted by atomic mass is 79.9. The number of amides is 1. The highest BCUT2D eigenvalue weighted by molar-refractivity contribution is 9.09. The average Bonchev–Trinajstić information content (AvgIpc) is 2.95. The molecule has 0 aromatic heterocycles. The Bertz CT molecular complexity index is 1190. The van der Waals surface area contributed by atoms with Gasteiger partial charge in [-0.3, -0.25) is 4.79 Å². The van der Waals surface area contributed by atoms with Gasteiger partial charge < -0.3 is 28.6 Å². The zero-order chi connectivity index (χ0) is 26.2. The predicted molar refractivity (Wildman–Crippen MR) is 146 cm³/mol. The molecule has 1 saturated heterocycles. The van der Waals surface area contributed by atoms with Gasteiger partial charge in [0.2, 0.25) is 0 Å². The van der Waals surface area contributed by atoms with E-state index in [4.69, 9.17) is 35.3 Å². The van der Waals surface area contributed by atoms with Gasteiger partial charge in [-0.25, -0.2) is 0 Å². The maximum absolute atomic E-state index is 13.5. The summed E-state index contributed by atoms with van der Waals surface area (Å²) in [5.74, 6) is 2.12. The average molecular weight is 591 g/mol. The van der Waals surface area contributed by atoms with Crippen molar-refractivity contribution in [3.63, 3.8) is 0 Å². The molecule has 196 valence electrons. The molecule has 0 saturated carbocycles. The molecule has 0 aliphatic carbocycles. The summed E-state index contributed by atoms with van der Waals surface area (Å²) in [6.45, 7) is 1.97. The summed E-state index contributed by atoms with van der Waals surface area (Å²) < 4.78 is 28.3. The van der Waals surface area contributed by atoms with E-state index in [-0.39, 0.29) is 23.6 Å². The topological polar surface area (TPSA) is 66.5 Å². The van der Waals surface area contributed by atoms with Crippen LogP contribution in [-0.4, -0.2) is 56.2 Å². The summed E-state index contributed by atoms with van der Waals surface area (Å²) in [6.07, 6.45) is 0. The Kier molecular flexibility index (Phi) is 9.55. The van der Waals surface area contributed by atoms with Gasteiger partial charge in [0.05, 0.1) is 44.1 Å². The molecule has 0 N–H and O–H groups in total. The van der Waals surface area contributed by atoms with Crippen molar-refractivity contribution in [3.8, 4) is 23.0 Å². The third-order valence-corrected chi connectivity index (χ3v) is 7.18. The van der Waals surface area contributed by atoms with Gasteiger partial charge in [0, 0.05) is 11.9 Å². The summed E-state index contributed by atoms with van der Waals surface area (Å²) in [5.41, 5.74) is 2.23. The molecule has 3 aromatic rings. The Labute approximate surface area is 230 Å². The van der Waals surface area contributed by atoms with Crippen LogP contribution in [0, 0.1) is 0 Å². The number of rotatable bonds is 10. The third-order valence-electron chi connectivity index (χ3n) is 6.05. The normalized spacial score (nSPS) is 15.2. The molecule has 1 fully saturated rings. The largest absolute Gasteiger partial charge is 0.497 e. The van der Waals surface area contributed by atoms with Crippen molar-refractivity contribution in [3.05, 3.63) is 82.4 Å². The van der Waals surface area contributed by atoms with Crippen LogP contribution < -0.4 is 18.9 Å². The van der Waals surface area contributed by atoms with Crippen LogP contribution in [0.4, 0.5) is 0 Å². The second-order valence-electron chi connectivity index (χ2n) is 8.41. The SMILES string of the molecule is COc1ccc(COc2ccc(C(=O)N3CCOC[C@H]3CBr)c(Cl)c2OCc2ccc(OC)cc2)cc1. The minimum atomic E-state index is -0.172. The summed E-state index contributed by atoms with van der Waals surface area (Å²) in [6, 6.07) is 18.5. The number of benzene rings is 3. The molecule has 1 atom stereocenters. The first-order valence-corrected chi connectivity index (χ1v) is 13.3. The van der Waals surface area contributed by atoms with E-state index in [9.17, 15) is 4.79 Å². The molecule has 7 nitrogen and oxygen atoms in total. The standard InChI is InChI=1S/C28H29BrClNO6/c1-33-22-7-3-19(4-8-22)16-36-25-12-11-24(28(32)31-13-14-35-18-21(31)15-29)26(30)27(25)37-17-20-5-9-23(34-2)10-6-20/h3-12,21H,13-18H2,1-2H3/t21-/m1/s1. The van der Waals surface area contributed by atoms with E-state index in [0.29, 0.717) is 48.8 Å². The number of hydrogen-bond acceptors (Lipinski definition) is 6. The van der Waals surface area contributed by atoms with Crippen LogP contribution in [0.25, 0.3) is 0 Å². The zero-order valence-electron chi connectivity index (χ0n) is 20.7. The molecule has 4 rings (SSSR count). The van der Waals surface area contributed by atoms with Crippen LogP contribution in [0.1, 0.15) is 21.5 Å². The highest BCUT2D eigenvalue weighted by Crippen LogP contribution is 2.39. The third kappa shape index (κ3) is 6.69. The molecule has 9 heteroatoms. The van der Waals surface area contributed by atoms with Gasteiger partial charge in [-0.05, 0) is 47.5 Å². The second-order valence-corrected chi connectivity index (χ2v) is 9.43. The van der Waals surface area contributed by atoms with Crippen molar-refractivity contribution in [2.45, 2.75) is 19.3 Å². The number of carbonyl (C=O) groups is 1. The number of morpholine rings is 1. The van der Waals surface area contributed by atoms with Gasteiger partial charge >= 0.3 is 0 Å². The maximum atomic E-state index is 13.5. The Morgan fingerprint density at radius 2 is 1.54 bits per heavy atom. The molecule has 0 radical (unpaired) electrons. The summed E-state index contributed by atoms with van der Waals surface area (Å²) in [7, 11) is 3.24. The molecule has 1 heterocycles. The van der Waals surface area contributed by atoms with Gasteiger partial charge in [0.15, 0.2) is 11.5 Å². The molecular weight excluding hydrogens is 562 g/mol. The van der Waals surface area contributed by atoms with E-state index < -0.39 is 0 Å². The number of hydrogen-bond donors (Lipinski definition) is 0. The van der Waals surface area contributed by atoms with Gasteiger partial charge in [0.1, 0.15) is 24.7 Å². The molecular formula is C28H29BrClNO6. The predicted octanol–water partition coefficient (Wildman–Crippen LogP) is 5.75. The number of nitrogens with zero attached hydrogens (tertiary/aromatic N) is 1.